The summed E-state index contributed by atoms with van der Waals surface area (Å²) >= 11 is 0. The van der Waals surface area contributed by atoms with Gasteiger partial charge in [0.1, 0.15) is 5.76 Å². The Labute approximate surface area is 134 Å². The number of carbonyl (C=O) groups is 1. The number of carbonyl (C=O) groups excluding carboxylic acids is 1. The zero-order valence-electron chi connectivity index (χ0n) is 14.2. The Hall–Kier alpha value is -2.03. The topological polar surface area (TPSA) is 29.5 Å². The SMILES string of the molecule is C/C=C/C(=C/Cc1ccccc1)OC(=O)N(C(C)C)C(C)C. The van der Waals surface area contributed by atoms with E-state index in [0.29, 0.717) is 5.76 Å². The van der Waals surface area contributed by atoms with Crippen LogP contribution in [-0.2, 0) is 11.2 Å². The van der Waals surface area contributed by atoms with Crippen molar-refractivity contribution in [2.45, 2.75) is 53.1 Å². The molecule has 1 aromatic carbocycles. The fourth-order valence-electron chi connectivity index (χ4n) is 2.31. The van der Waals surface area contributed by atoms with Gasteiger partial charge in [-0.3, -0.25) is 0 Å². The third-order valence-corrected chi connectivity index (χ3v) is 3.24. The summed E-state index contributed by atoms with van der Waals surface area (Å²) in [5.41, 5.74) is 1.19. The van der Waals surface area contributed by atoms with Gasteiger partial charge < -0.3 is 9.64 Å². The van der Waals surface area contributed by atoms with Crippen LogP contribution < -0.4 is 0 Å². The molecule has 3 heteroatoms. The second-order valence-electron chi connectivity index (χ2n) is 5.76. The number of allylic oxidation sites excluding steroid dienone is 3. The first-order valence-corrected chi connectivity index (χ1v) is 7.82. The van der Waals surface area contributed by atoms with Crippen LogP contribution in [0.15, 0.2) is 54.3 Å². The Morgan fingerprint density at radius 2 is 1.73 bits per heavy atom. The molecule has 0 N–H and O–H groups in total. The van der Waals surface area contributed by atoms with Crippen molar-refractivity contribution < 1.29 is 9.53 Å². The van der Waals surface area contributed by atoms with Crippen molar-refractivity contribution in [3.05, 3.63) is 59.9 Å². The zero-order chi connectivity index (χ0) is 16.5. The quantitative estimate of drug-likeness (QED) is 0.550. The van der Waals surface area contributed by atoms with E-state index in [9.17, 15) is 4.79 Å². The molecule has 0 bridgehead atoms. The first-order valence-electron chi connectivity index (χ1n) is 7.82. The number of benzene rings is 1. The van der Waals surface area contributed by atoms with Crippen LogP contribution in [0, 0.1) is 0 Å². The summed E-state index contributed by atoms with van der Waals surface area (Å²) in [5, 5.41) is 0. The lowest BCUT2D eigenvalue weighted by Gasteiger charge is -2.29. The summed E-state index contributed by atoms with van der Waals surface area (Å²) in [6, 6.07) is 10.3. The molecular weight excluding hydrogens is 274 g/mol. The third kappa shape index (κ3) is 5.76. The Morgan fingerprint density at radius 1 is 1.14 bits per heavy atom. The van der Waals surface area contributed by atoms with Gasteiger partial charge in [0.25, 0.3) is 0 Å². The van der Waals surface area contributed by atoms with Gasteiger partial charge in [0.2, 0.25) is 0 Å². The van der Waals surface area contributed by atoms with Crippen LogP contribution in [-0.4, -0.2) is 23.1 Å². The van der Waals surface area contributed by atoms with Crippen LogP contribution in [0.2, 0.25) is 0 Å². The van der Waals surface area contributed by atoms with Gasteiger partial charge in [-0.1, -0.05) is 36.4 Å². The van der Waals surface area contributed by atoms with E-state index in [1.165, 1.54) is 5.56 Å². The van der Waals surface area contributed by atoms with Crippen molar-refractivity contribution in [2.75, 3.05) is 0 Å². The van der Waals surface area contributed by atoms with Gasteiger partial charge in [-0.05, 0) is 58.8 Å². The highest BCUT2D eigenvalue weighted by Crippen LogP contribution is 2.12. The molecule has 0 aliphatic rings. The first kappa shape index (κ1) is 18.0. The van der Waals surface area contributed by atoms with Gasteiger partial charge in [-0.15, -0.1) is 0 Å². The first-order chi connectivity index (χ1) is 10.5. The lowest BCUT2D eigenvalue weighted by Crippen LogP contribution is -2.42. The summed E-state index contributed by atoms with van der Waals surface area (Å²) < 4.78 is 5.56. The largest absolute Gasteiger partial charge is 0.415 e. The molecule has 0 saturated carbocycles. The standard InChI is InChI=1S/C19H27NO2/c1-6-10-18(14-13-17-11-8-7-9-12-17)22-19(21)20(15(2)3)16(4)5/h6-12,14-16H,13H2,1-5H3/b10-6+,18-14-. The van der Waals surface area contributed by atoms with Crippen molar-refractivity contribution in [2.24, 2.45) is 0 Å². The van der Waals surface area contributed by atoms with E-state index in [2.05, 4.69) is 12.1 Å². The number of rotatable bonds is 6. The summed E-state index contributed by atoms with van der Waals surface area (Å²) in [4.78, 5) is 14.1. The molecule has 0 atom stereocenters. The molecule has 3 nitrogen and oxygen atoms in total. The molecule has 0 radical (unpaired) electrons. The molecule has 0 aliphatic heterocycles. The number of hydrogen-bond acceptors (Lipinski definition) is 2. The van der Waals surface area contributed by atoms with Gasteiger partial charge in [-0.2, -0.15) is 0 Å². The number of hydrogen-bond donors (Lipinski definition) is 0. The molecule has 0 heterocycles. The fraction of sp³-hybridized carbons (Fsp3) is 0.421. The molecule has 0 unspecified atom stereocenters. The minimum Gasteiger partial charge on any atom is -0.411 e. The minimum absolute atomic E-state index is 0.105. The van der Waals surface area contributed by atoms with E-state index >= 15 is 0 Å². The van der Waals surface area contributed by atoms with E-state index in [1.54, 1.807) is 4.90 Å². The molecule has 0 aliphatic carbocycles. The normalized spacial score (nSPS) is 12.2. The summed E-state index contributed by atoms with van der Waals surface area (Å²) in [6.07, 6.45) is 6.06. The van der Waals surface area contributed by atoms with Gasteiger partial charge in [-0.25, -0.2) is 4.79 Å². The predicted octanol–water partition coefficient (Wildman–Crippen LogP) is 4.94. The van der Waals surface area contributed by atoms with E-state index in [4.69, 9.17) is 4.74 Å². The van der Waals surface area contributed by atoms with Gasteiger partial charge in [0.05, 0.1) is 0 Å². The number of ether oxygens (including phenoxy) is 1. The van der Waals surface area contributed by atoms with E-state index in [1.807, 2.05) is 71.0 Å². The maximum atomic E-state index is 12.4. The molecule has 120 valence electrons. The fourth-order valence-corrected chi connectivity index (χ4v) is 2.31. The highest BCUT2D eigenvalue weighted by molar-refractivity contribution is 5.70. The van der Waals surface area contributed by atoms with E-state index in [0.717, 1.165) is 6.42 Å². The van der Waals surface area contributed by atoms with Crippen molar-refractivity contribution >= 4 is 6.09 Å². The van der Waals surface area contributed by atoms with Crippen LogP contribution in [0.1, 0.15) is 40.2 Å². The molecule has 0 fully saturated rings. The number of nitrogens with zero attached hydrogens (tertiary/aromatic N) is 1. The average molecular weight is 301 g/mol. The Morgan fingerprint density at radius 3 is 2.23 bits per heavy atom. The van der Waals surface area contributed by atoms with Crippen LogP contribution in [0.4, 0.5) is 4.79 Å². The molecule has 0 spiro atoms. The Bertz CT molecular complexity index is 507. The van der Waals surface area contributed by atoms with Crippen molar-refractivity contribution in [1.82, 2.24) is 4.90 Å². The molecule has 1 amide bonds. The Balaban J connectivity index is 2.81. The minimum atomic E-state index is -0.303. The van der Waals surface area contributed by atoms with Crippen molar-refractivity contribution in [3.63, 3.8) is 0 Å². The summed E-state index contributed by atoms with van der Waals surface area (Å²) in [7, 11) is 0. The monoisotopic (exact) mass is 301 g/mol. The van der Waals surface area contributed by atoms with Gasteiger partial charge in [0, 0.05) is 12.1 Å². The van der Waals surface area contributed by atoms with Crippen molar-refractivity contribution in [3.8, 4) is 0 Å². The van der Waals surface area contributed by atoms with Gasteiger partial charge in [0.15, 0.2) is 0 Å². The van der Waals surface area contributed by atoms with Crippen LogP contribution in [0.5, 0.6) is 0 Å². The summed E-state index contributed by atoms with van der Waals surface area (Å²) in [5.74, 6) is 0.586. The average Bonchev–Trinajstić information content (AvgIpc) is 2.45. The second-order valence-corrected chi connectivity index (χ2v) is 5.76. The maximum absolute atomic E-state index is 12.4. The zero-order valence-corrected chi connectivity index (χ0v) is 14.2. The van der Waals surface area contributed by atoms with Crippen LogP contribution >= 0.6 is 0 Å². The van der Waals surface area contributed by atoms with E-state index < -0.39 is 0 Å². The molecule has 0 aromatic heterocycles. The summed E-state index contributed by atoms with van der Waals surface area (Å²) in [6.45, 7) is 9.87. The molecule has 1 rings (SSSR count). The molecule has 1 aromatic rings. The third-order valence-electron chi connectivity index (χ3n) is 3.24. The van der Waals surface area contributed by atoms with Gasteiger partial charge >= 0.3 is 6.09 Å². The number of amides is 1. The molecule has 22 heavy (non-hydrogen) atoms. The highest BCUT2D eigenvalue weighted by Gasteiger charge is 2.22. The molecular formula is C19H27NO2. The van der Waals surface area contributed by atoms with Crippen LogP contribution in [0.25, 0.3) is 0 Å². The van der Waals surface area contributed by atoms with Crippen LogP contribution in [0.3, 0.4) is 0 Å². The second kappa shape index (κ2) is 9.08. The van der Waals surface area contributed by atoms with E-state index in [-0.39, 0.29) is 18.2 Å². The smallest absolute Gasteiger partial charge is 0.411 e. The van der Waals surface area contributed by atoms with Crippen molar-refractivity contribution in [1.29, 1.82) is 0 Å². The molecule has 0 saturated heterocycles. The predicted molar refractivity (Wildman–Crippen MR) is 91.6 cm³/mol. The highest BCUT2D eigenvalue weighted by atomic mass is 16.6. The lowest BCUT2D eigenvalue weighted by atomic mass is 10.1. The lowest BCUT2D eigenvalue weighted by molar-refractivity contribution is 0.104. The Kier molecular flexibility index (Phi) is 7.44. The maximum Gasteiger partial charge on any atom is 0.415 e.